The van der Waals surface area contributed by atoms with Crippen LogP contribution in [-0.2, 0) is 4.74 Å². The lowest BCUT2D eigenvalue weighted by atomic mass is 10.3. The van der Waals surface area contributed by atoms with E-state index in [1.165, 1.54) is 0 Å². The van der Waals surface area contributed by atoms with Gasteiger partial charge in [0, 0.05) is 12.6 Å². The van der Waals surface area contributed by atoms with Gasteiger partial charge in [0.05, 0.1) is 13.2 Å². The van der Waals surface area contributed by atoms with Crippen LogP contribution in [0.15, 0.2) is 0 Å². The Labute approximate surface area is 58.6 Å². The van der Waals surface area contributed by atoms with E-state index < -0.39 is 0 Å². The van der Waals surface area contributed by atoms with Gasteiger partial charge in [0.2, 0.25) is 0 Å². The fourth-order valence-electron chi connectivity index (χ4n) is 0.697. The maximum Gasteiger partial charge on any atom is 0.0617 e. The van der Waals surface area contributed by atoms with Gasteiger partial charge >= 0.3 is 0 Å². The average Bonchev–Trinajstić information content (AvgIpc) is 1.69. The van der Waals surface area contributed by atoms with Crippen LogP contribution in [0.25, 0.3) is 0 Å². The largest absolute Gasteiger partial charge is 0.379 e. The first-order valence-electron chi connectivity index (χ1n) is 2.71. The van der Waals surface area contributed by atoms with Crippen LogP contribution in [0.1, 0.15) is 21.8 Å². The SMILES string of the molecule is C.C.CC1COCCN1. The molecule has 1 aliphatic rings. The summed E-state index contributed by atoms with van der Waals surface area (Å²) in [5.41, 5.74) is 0. The number of hydrogen-bond acceptors (Lipinski definition) is 2. The summed E-state index contributed by atoms with van der Waals surface area (Å²) in [5, 5.41) is 3.26. The zero-order valence-corrected chi connectivity index (χ0v) is 4.61. The van der Waals surface area contributed by atoms with Crippen LogP contribution in [0.3, 0.4) is 0 Å². The number of ether oxygens (including phenoxy) is 1. The standard InChI is InChI=1S/C5H11NO.2CH4/c1-5-4-7-3-2-6-5;;/h5-6H,2-4H2,1H3;2*1H4. The third-order valence-corrected chi connectivity index (χ3v) is 1.11. The summed E-state index contributed by atoms with van der Waals surface area (Å²) in [6.07, 6.45) is 0. The second-order valence-electron chi connectivity index (χ2n) is 1.93. The van der Waals surface area contributed by atoms with Crippen LogP contribution in [0.4, 0.5) is 0 Å². The van der Waals surface area contributed by atoms with Crippen molar-refractivity contribution in [2.24, 2.45) is 0 Å². The summed E-state index contributed by atoms with van der Waals surface area (Å²) >= 11 is 0. The van der Waals surface area contributed by atoms with E-state index in [1.807, 2.05) is 0 Å². The lowest BCUT2D eigenvalue weighted by Crippen LogP contribution is -2.38. The van der Waals surface area contributed by atoms with Gasteiger partial charge in [0.15, 0.2) is 0 Å². The molecule has 58 valence electrons. The summed E-state index contributed by atoms with van der Waals surface area (Å²) in [7, 11) is 0. The van der Waals surface area contributed by atoms with Gasteiger partial charge in [-0.05, 0) is 6.92 Å². The predicted molar refractivity (Wildman–Crippen MR) is 41.7 cm³/mol. The van der Waals surface area contributed by atoms with Gasteiger partial charge in [-0.15, -0.1) is 0 Å². The Morgan fingerprint density at radius 1 is 1.44 bits per heavy atom. The molecule has 1 saturated heterocycles. The van der Waals surface area contributed by atoms with E-state index in [4.69, 9.17) is 4.74 Å². The molecule has 0 spiro atoms. The molecule has 1 heterocycles. The first kappa shape index (κ1) is 11.7. The zero-order valence-electron chi connectivity index (χ0n) is 4.61. The van der Waals surface area contributed by atoms with Crippen molar-refractivity contribution >= 4 is 0 Å². The summed E-state index contributed by atoms with van der Waals surface area (Å²) in [6.45, 7) is 4.89. The maximum atomic E-state index is 5.12. The molecule has 1 unspecified atom stereocenters. The number of hydrogen-bond donors (Lipinski definition) is 1. The minimum atomic E-state index is 0. The molecule has 0 amide bonds. The molecule has 1 atom stereocenters. The summed E-state index contributed by atoms with van der Waals surface area (Å²) in [5.74, 6) is 0. The predicted octanol–water partition coefficient (Wildman–Crippen LogP) is 1.27. The number of morpholine rings is 1. The molecule has 9 heavy (non-hydrogen) atoms. The number of rotatable bonds is 0. The quantitative estimate of drug-likeness (QED) is 0.537. The molecular weight excluding hydrogens is 114 g/mol. The van der Waals surface area contributed by atoms with Crippen molar-refractivity contribution in [3.63, 3.8) is 0 Å². The lowest BCUT2D eigenvalue weighted by molar-refractivity contribution is 0.0824. The molecule has 2 nitrogen and oxygen atoms in total. The van der Waals surface area contributed by atoms with E-state index in [9.17, 15) is 0 Å². The van der Waals surface area contributed by atoms with E-state index in [0.29, 0.717) is 6.04 Å². The van der Waals surface area contributed by atoms with Gasteiger partial charge in [-0.2, -0.15) is 0 Å². The van der Waals surface area contributed by atoms with Crippen LogP contribution in [-0.4, -0.2) is 25.8 Å². The zero-order chi connectivity index (χ0) is 5.11. The van der Waals surface area contributed by atoms with Crippen molar-refractivity contribution < 1.29 is 4.74 Å². The van der Waals surface area contributed by atoms with Gasteiger partial charge in [0.1, 0.15) is 0 Å². The summed E-state index contributed by atoms with van der Waals surface area (Å²) in [6, 6.07) is 0.564. The summed E-state index contributed by atoms with van der Waals surface area (Å²) in [4.78, 5) is 0. The Bertz CT molecular complexity index is 50.9. The van der Waals surface area contributed by atoms with Crippen LogP contribution in [0.2, 0.25) is 0 Å². The van der Waals surface area contributed by atoms with Crippen molar-refractivity contribution in [3.05, 3.63) is 0 Å². The molecular formula is C7H19NO. The Morgan fingerprint density at radius 2 is 2.11 bits per heavy atom. The van der Waals surface area contributed by atoms with Crippen LogP contribution in [0, 0.1) is 0 Å². The van der Waals surface area contributed by atoms with E-state index in [2.05, 4.69) is 12.2 Å². The van der Waals surface area contributed by atoms with Crippen molar-refractivity contribution in [2.75, 3.05) is 19.8 Å². The van der Waals surface area contributed by atoms with Gasteiger partial charge < -0.3 is 10.1 Å². The molecule has 0 aliphatic carbocycles. The van der Waals surface area contributed by atoms with Gasteiger partial charge in [0.25, 0.3) is 0 Å². The highest BCUT2D eigenvalue weighted by Gasteiger charge is 2.04. The molecule has 0 bridgehead atoms. The smallest absolute Gasteiger partial charge is 0.0617 e. The third-order valence-electron chi connectivity index (χ3n) is 1.11. The molecule has 0 saturated carbocycles. The normalized spacial score (nSPS) is 25.7. The molecule has 0 radical (unpaired) electrons. The van der Waals surface area contributed by atoms with Gasteiger partial charge in [-0.25, -0.2) is 0 Å². The first-order chi connectivity index (χ1) is 3.39. The molecule has 1 aliphatic heterocycles. The molecule has 0 aromatic heterocycles. The Balaban J connectivity index is 0. The summed E-state index contributed by atoms with van der Waals surface area (Å²) < 4.78 is 5.12. The Kier molecular flexibility index (Phi) is 7.85. The molecule has 1 rings (SSSR count). The highest BCUT2D eigenvalue weighted by molar-refractivity contribution is 4.62. The second kappa shape index (κ2) is 6.05. The second-order valence-corrected chi connectivity index (χ2v) is 1.93. The van der Waals surface area contributed by atoms with Crippen LogP contribution < -0.4 is 5.32 Å². The highest BCUT2D eigenvalue weighted by Crippen LogP contribution is 1.88. The first-order valence-corrected chi connectivity index (χ1v) is 2.71. The maximum absolute atomic E-state index is 5.12. The fraction of sp³-hybridized carbons (Fsp3) is 1.00. The topological polar surface area (TPSA) is 21.3 Å². The molecule has 1 N–H and O–H groups in total. The Morgan fingerprint density at radius 3 is 2.33 bits per heavy atom. The molecule has 1 fully saturated rings. The van der Waals surface area contributed by atoms with E-state index in [0.717, 1.165) is 19.8 Å². The van der Waals surface area contributed by atoms with Crippen LogP contribution >= 0.6 is 0 Å². The van der Waals surface area contributed by atoms with E-state index in [-0.39, 0.29) is 14.9 Å². The van der Waals surface area contributed by atoms with Gasteiger partial charge in [-0.1, -0.05) is 14.9 Å². The minimum absolute atomic E-state index is 0. The average molecular weight is 133 g/mol. The molecule has 0 aromatic carbocycles. The van der Waals surface area contributed by atoms with Crippen molar-refractivity contribution in [1.82, 2.24) is 5.32 Å². The van der Waals surface area contributed by atoms with Crippen molar-refractivity contribution in [3.8, 4) is 0 Å². The van der Waals surface area contributed by atoms with Gasteiger partial charge in [-0.3, -0.25) is 0 Å². The van der Waals surface area contributed by atoms with E-state index in [1.54, 1.807) is 0 Å². The molecule has 2 heteroatoms. The minimum Gasteiger partial charge on any atom is -0.379 e. The lowest BCUT2D eigenvalue weighted by Gasteiger charge is -2.19. The Hall–Kier alpha value is -0.0800. The molecule has 0 aromatic rings. The third kappa shape index (κ3) is 4.43. The monoisotopic (exact) mass is 133 g/mol. The van der Waals surface area contributed by atoms with Crippen LogP contribution in [0.5, 0.6) is 0 Å². The van der Waals surface area contributed by atoms with E-state index >= 15 is 0 Å². The highest BCUT2D eigenvalue weighted by atomic mass is 16.5. The van der Waals surface area contributed by atoms with Crippen molar-refractivity contribution in [1.29, 1.82) is 0 Å². The van der Waals surface area contributed by atoms with Crippen molar-refractivity contribution in [2.45, 2.75) is 27.8 Å². The fourth-order valence-corrected chi connectivity index (χ4v) is 0.697. The number of nitrogens with one attached hydrogen (secondary N) is 1.